The molecular weight excluding hydrogens is 176 g/mol. The zero-order chi connectivity index (χ0) is 10.1. The Morgan fingerprint density at radius 1 is 1.46 bits per heavy atom. The van der Waals surface area contributed by atoms with Crippen molar-refractivity contribution in [1.29, 1.82) is 0 Å². The summed E-state index contributed by atoms with van der Waals surface area (Å²) in [6, 6.07) is 0. The Kier molecular flexibility index (Phi) is 7.33. The van der Waals surface area contributed by atoms with E-state index in [1.54, 1.807) is 7.11 Å². The van der Waals surface area contributed by atoms with Crippen molar-refractivity contribution >= 4 is 6.16 Å². The van der Waals surface area contributed by atoms with E-state index in [1.165, 1.54) is 0 Å². The molecule has 0 aromatic carbocycles. The minimum Gasteiger partial charge on any atom is -0.450 e. The van der Waals surface area contributed by atoms with Gasteiger partial charge in [-0.15, -0.1) is 0 Å². The lowest BCUT2D eigenvalue weighted by Gasteiger charge is -2.14. The molecule has 1 atom stereocenters. The van der Waals surface area contributed by atoms with E-state index in [2.05, 4.69) is 4.74 Å². The summed E-state index contributed by atoms with van der Waals surface area (Å²) in [4.78, 5) is 10.0. The molecule has 78 valence electrons. The molecule has 0 fully saturated rings. The lowest BCUT2D eigenvalue weighted by Crippen LogP contribution is -2.22. The molecule has 0 aliphatic rings. The number of carbonyl (C=O) groups is 1. The molecule has 0 saturated heterocycles. The summed E-state index contributed by atoms with van der Waals surface area (Å²) in [6.45, 7) is 2.94. The maximum Gasteiger partial charge on any atom is 0.505 e. The van der Waals surface area contributed by atoms with Crippen LogP contribution in [0.25, 0.3) is 0 Å². The van der Waals surface area contributed by atoms with Crippen molar-refractivity contribution in [3.05, 3.63) is 0 Å². The third-order valence-corrected chi connectivity index (χ3v) is 1.49. The van der Waals surface area contributed by atoms with Crippen LogP contribution in [-0.2, 0) is 14.2 Å². The van der Waals surface area contributed by atoms with Crippen LogP contribution < -0.4 is 0 Å². The lowest BCUT2D eigenvalue weighted by atomic mass is 10.3. The Labute approximate surface area is 77.6 Å². The molecular formula is C8H16O5. The van der Waals surface area contributed by atoms with Crippen LogP contribution in [0.3, 0.4) is 0 Å². The molecule has 0 spiro atoms. The van der Waals surface area contributed by atoms with Gasteiger partial charge in [-0.3, -0.25) is 0 Å². The number of methoxy groups -OCH3 is 1. The van der Waals surface area contributed by atoms with Gasteiger partial charge in [-0.25, -0.2) is 4.79 Å². The molecule has 5 nitrogen and oxygen atoms in total. The predicted octanol–water partition coefficient (Wildman–Crippen LogP) is 1.12. The summed E-state index contributed by atoms with van der Waals surface area (Å²) >= 11 is 0. The molecule has 0 heterocycles. The van der Waals surface area contributed by atoms with E-state index in [-0.39, 0.29) is 12.7 Å². The normalized spacial score (nSPS) is 12.5. The second-order valence-electron chi connectivity index (χ2n) is 2.47. The highest BCUT2D eigenvalue weighted by Gasteiger charge is 2.08. The molecule has 0 aliphatic carbocycles. The molecule has 0 aromatic rings. The van der Waals surface area contributed by atoms with Crippen molar-refractivity contribution in [2.45, 2.75) is 19.4 Å². The molecule has 13 heavy (non-hydrogen) atoms. The number of rotatable bonds is 7. The quantitative estimate of drug-likeness (QED) is 0.483. The monoisotopic (exact) mass is 192 g/mol. The molecule has 0 radical (unpaired) electrons. The Bertz CT molecular complexity index is 136. The number of ether oxygens (including phenoxy) is 3. The molecule has 1 unspecified atom stereocenters. The smallest absolute Gasteiger partial charge is 0.450 e. The minimum absolute atomic E-state index is 0.0789. The summed E-state index contributed by atoms with van der Waals surface area (Å²) in [6.07, 6.45) is -0.725. The Morgan fingerprint density at radius 2 is 2.15 bits per heavy atom. The molecule has 0 rings (SSSR count). The van der Waals surface area contributed by atoms with Gasteiger partial charge >= 0.3 is 6.16 Å². The van der Waals surface area contributed by atoms with Crippen molar-refractivity contribution in [3.63, 3.8) is 0 Å². The van der Waals surface area contributed by atoms with Crippen molar-refractivity contribution in [2.24, 2.45) is 0 Å². The largest absolute Gasteiger partial charge is 0.505 e. The first-order valence-corrected chi connectivity index (χ1v) is 4.17. The molecule has 0 aliphatic heterocycles. The molecule has 0 bridgehead atoms. The van der Waals surface area contributed by atoms with Gasteiger partial charge in [0.1, 0.15) is 6.61 Å². The van der Waals surface area contributed by atoms with Crippen LogP contribution in [0.1, 0.15) is 13.3 Å². The van der Waals surface area contributed by atoms with Crippen molar-refractivity contribution in [3.8, 4) is 0 Å². The highest BCUT2D eigenvalue weighted by molar-refractivity contribution is 5.56. The lowest BCUT2D eigenvalue weighted by molar-refractivity contribution is -0.0251. The van der Waals surface area contributed by atoms with E-state index in [4.69, 9.17) is 14.6 Å². The average molecular weight is 192 g/mol. The van der Waals surface area contributed by atoms with Gasteiger partial charge in [0, 0.05) is 7.11 Å². The van der Waals surface area contributed by atoms with Gasteiger partial charge in [0.15, 0.2) is 0 Å². The first kappa shape index (κ1) is 12.2. The van der Waals surface area contributed by atoms with E-state index >= 15 is 0 Å². The molecule has 1 N–H and O–H groups in total. The Hall–Kier alpha value is -0.810. The predicted molar refractivity (Wildman–Crippen MR) is 45.9 cm³/mol. The third kappa shape index (κ3) is 7.55. The molecule has 0 amide bonds. The van der Waals surface area contributed by atoms with Crippen molar-refractivity contribution < 1.29 is 24.1 Å². The third-order valence-electron chi connectivity index (χ3n) is 1.49. The van der Waals surface area contributed by atoms with E-state index < -0.39 is 6.16 Å². The van der Waals surface area contributed by atoms with Gasteiger partial charge < -0.3 is 19.3 Å². The van der Waals surface area contributed by atoms with Gasteiger partial charge in [0.25, 0.3) is 0 Å². The average Bonchev–Trinajstić information content (AvgIpc) is 2.10. The van der Waals surface area contributed by atoms with Crippen LogP contribution in [0.15, 0.2) is 0 Å². The summed E-state index contributed by atoms with van der Waals surface area (Å²) in [5, 5.41) is 8.23. The van der Waals surface area contributed by atoms with E-state index in [0.717, 1.165) is 6.42 Å². The minimum atomic E-state index is -1.27. The topological polar surface area (TPSA) is 65.0 Å². The molecule has 0 aromatic heterocycles. The van der Waals surface area contributed by atoms with Crippen LogP contribution in [0.2, 0.25) is 0 Å². The highest BCUT2D eigenvalue weighted by Crippen LogP contribution is 1.98. The highest BCUT2D eigenvalue weighted by atomic mass is 16.7. The fraction of sp³-hybridized carbons (Fsp3) is 0.875. The maximum absolute atomic E-state index is 10.0. The van der Waals surface area contributed by atoms with Gasteiger partial charge in [-0.2, -0.15) is 0 Å². The van der Waals surface area contributed by atoms with Crippen molar-refractivity contribution in [2.75, 3.05) is 26.9 Å². The van der Waals surface area contributed by atoms with Crippen LogP contribution in [-0.4, -0.2) is 44.3 Å². The fourth-order valence-corrected chi connectivity index (χ4v) is 0.746. The summed E-state index contributed by atoms with van der Waals surface area (Å²) in [5.41, 5.74) is 0. The van der Waals surface area contributed by atoms with Gasteiger partial charge in [-0.1, -0.05) is 6.92 Å². The van der Waals surface area contributed by atoms with E-state index in [1.807, 2.05) is 6.92 Å². The molecule has 0 saturated carbocycles. The SMILES string of the molecule is CCC(COC(=O)O)OCCOC. The van der Waals surface area contributed by atoms with Gasteiger partial charge in [0.05, 0.1) is 19.3 Å². The van der Waals surface area contributed by atoms with Crippen LogP contribution in [0.5, 0.6) is 0 Å². The second kappa shape index (κ2) is 7.82. The summed E-state index contributed by atoms with van der Waals surface area (Å²) in [5.74, 6) is 0. The van der Waals surface area contributed by atoms with Gasteiger partial charge in [0.2, 0.25) is 0 Å². The van der Waals surface area contributed by atoms with Crippen LogP contribution >= 0.6 is 0 Å². The summed E-state index contributed by atoms with van der Waals surface area (Å²) < 4.78 is 14.4. The maximum atomic E-state index is 10.0. The van der Waals surface area contributed by atoms with E-state index in [0.29, 0.717) is 13.2 Å². The Balaban J connectivity index is 3.45. The summed E-state index contributed by atoms with van der Waals surface area (Å²) in [7, 11) is 1.58. The van der Waals surface area contributed by atoms with Crippen LogP contribution in [0.4, 0.5) is 4.79 Å². The van der Waals surface area contributed by atoms with Crippen molar-refractivity contribution in [1.82, 2.24) is 0 Å². The number of hydrogen-bond donors (Lipinski definition) is 1. The first-order chi connectivity index (χ1) is 6.20. The zero-order valence-corrected chi connectivity index (χ0v) is 7.99. The second-order valence-corrected chi connectivity index (χ2v) is 2.47. The number of hydrogen-bond acceptors (Lipinski definition) is 4. The standard InChI is InChI=1S/C8H16O5/c1-3-7(6-13-8(9)10)12-5-4-11-2/h7H,3-6H2,1-2H3,(H,9,10). The Morgan fingerprint density at radius 3 is 2.62 bits per heavy atom. The van der Waals surface area contributed by atoms with E-state index in [9.17, 15) is 4.79 Å². The van der Waals surface area contributed by atoms with Gasteiger partial charge in [-0.05, 0) is 6.42 Å². The first-order valence-electron chi connectivity index (χ1n) is 4.17. The zero-order valence-electron chi connectivity index (χ0n) is 7.99. The van der Waals surface area contributed by atoms with Crippen LogP contribution in [0, 0.1) is 0 Å². The fourth-order valence-electron chi connectivity index (χ4n) is 0.746. The number of carboxylic acid groups (broad SMARTS) is 1. The molecule has 5 heteroatoms.